The molecule has 0 saturated heterocycles. The van der Waals surface area contributed by atoms with Crippen LogP contribution >= 0.6 is 0 Å². The molecule has 0 saturated carbocycles. The molecule has 2 heterocycles. The largest absolute Gasteiger partial charge is 0.496 e. The number of benzene rings is 2. The van der Waals surface area contributed by atoms with Gasteiger partial charge < -0.3 is 10.5 Å². The van der Waals surface area contributed by atoms with Crippen LogP contribution in [0.4, 0.5) is 4.39 Å². The Hall–Kier alpha value is -3.81. The smallest absolute Gasteiger partial charge is 0.179 e. The first-order chi connectivity index (χ1) is 14.4. The minimum Gasteiger partial charge on any atom is -0.496 e. The van der Waals surface area contributed by atoms with Gasteiger partial charge in [-0.05, 0) is 31.5 Å². The Morgan fingerprint density at radius 3 is 2.63 bits per heavy atom. The molecule has 0 unspecified atom stereocenters. The lowest BCUT2D eigenvalue weighted by Crippen LogP contribution is -2.07. The summed E-state index contributed by atoms with van der Waals surface area (Å²) >= 11 is 0. The molecular formula is C22H20FN5O2. The van der Waals surface area contributed by atoms with Crippen molar-refractivity contribution in [3.05, 3.63) is 71.1 Å². The minimum absolute atomic E-state index is 0.168. The molecule has 0 aliphatic heterocycles. The van der Waals surface area contributed by atoms with Crippen LogP contribution in [0.15, 0.2) is 48.3 Å². The maximum atomic E-state index is 14.2. The number of rotatable bonds is 5. The van der Waals surface area contributed by atoms with Gasteiger partial charge in [0.2, 0.25) is 0 Å². The van der Waals surface area contributed by atoms with Gasteiger partial charge in [0.05, 0.1) is 24.3 Å². The number of halogens is 1. The second-order valence-corrected chi connectivity index (χ2v) is 6.99. The number of fused-ring (bicyclic) bond motifs is 3. The van der Waals surface area contributed by atoms with E-state index in [9.17, 15) is 9.18 Å². The third-order valence-corrected chi connectivity index (χ3v) is 4.93. The number of ether oxygens (including phenoxy) is 1. The molecule has 0 fully saturated rings. The highest BCUT2D eigenvalue weighted by Crippen LogP contribution is 2.32. The van der Waals surface area contributed by atoms with E-state index in [1.54, 1.807) is 43.5 Å². The van der Waals surface area contributed by atoms with Crippen molar-refractivity contribution in [1.29, 1.82) is 0 Å². The molecule has 0 amide bonds. The molecule has 7 nitrogen and oxygen atoms in total. The van der Waals surface area contributed by atoms with Gasteiger partial charge in [0.25, 0.3) is 0 Å². The van der Waals surface area contributed by atoms with Crippen LogP contribution < -0.4 is 10.5 Å². The van der Waals surface area contributed by atoms with E-state index in [-0.39, 0.29) is 18.0 Å². The fraction of sp³-hybridized carbons (Fsp3) is 0.182. The van der Waals surface area contributed by atoms with Gasteiger partial charge >= 0.3 is 0 Å². The molecule has 4 aromatic rings. The molecule has 0 spiro atoms. The maximum absolute atomic E-state index is 14.2. The molecule has 0 aliphatic carbocycles. The summed E-state index contributed by atoms with van der Waals surface area (Å²) in [6, 6.07) is 10.1. The summed E-state index contributed by atoms with van der Waals surface area (Å²) in [5, 5.41) is 8.40. The molecule has 8 heteroatoms. The lowest BCUT2D eigenvalue weighted by Gasteiger charge is -2.14. The molecule has 2 aromatic heterocycles. The number of methoxy groups -OCH3 is 1. The van der Waals surface area contributed by atoms with Crippen molar-refractivity contribution in [2.24, 2.45) is 5.73 Å². The van der Waals surface area contributed by atoms with E-state index >= 15 is 0 Å². The second-order valence-electron chi connectivity index (χ2n) is 6.99. The SMILES string of the molecule is COc1cc2c(cc1C(C(C)=O)=C(C)N)ncc1nnc(Cc3ccccc3F)n12. The Morgan fingerprint density at radius 1 is 1.20 bits per heavy atom. The summed E-state index contributed by atoms with van der Waals surface area (Å²) in [6.07, 6.45) is 1.85. The average molecular weight is 405 g/mol. The Balaban J connectivity index is 1.96. The number of carbonyl (C=O) groups excluding carboxylic acids is 1. The van der Waals surface area contributed by atoms with Crippen LogP contribution in [-0.4, -0.2) is 32.5 Å². The standard InChI is InChI=1S/C22H20FN5O2/c1-12(24)22(13(2)29)15-9-17-18(10-19(15)30-3)28-20(26-27-21(28)11-25-17)8-14-6-4-5-7-16(14)23/h4-7,9-11H,8,24H2,1-3H3. The third-order valence-electron chi connectivity index (χ3n) is 4.93. The van der Waals surface area contributed by atoms with Gasteiger partial charge in [-0.1, -0.05) is 18.2 Å². The first kappa shape index (κ1) is 19.5. The Labute approximate surface area is 172 Å². The number of hydrogen-bond acceptors (Lipinski definition) is 6. The second kappa shape index (κ2) is 7.55. The zero-order chi connectivity index (χ0) is 21.4. The lowest BCUT2D eigenvalue weighted by atomic mass is 9.99. The number of Topliss-reactive ketones (excluding diaryl/α,β-unsaturated/α-hetero) is 1. The van der Waals surface area contributed by atoms with Crippen LogP contribution in [-0.2, 0) is 11.2 Å². The van der Waals surface area contributed by atoms with E-state index in [1.807, 2.05) is 4.40 Å². The summed E-state index contributed by atoms with van der Waals surface area (Å²) in [5.41, 5.74) is 9.63. The third kappa shape index (κ3) is 3.26. The van der Waals surface area contributed by atoms with Crippen molar-refractivity contribution in [3.8, 4) is 5.75 Å². The molecule has 0 radical (unpaired) electrons. The van der Waals surface area contributed by atoms with Crippen LogP contribution in [0.5, 0.6) is 5.75 Å². The van der Waals surface area contributed by atoms with Crippen LogP contribution in [0.2, 0.25) is 0 Å². The Morgan fingerprint density at radius 2 is 1.97 bits per heavy atom. The molecule has 0 bridgehead atoms. The van der Waals surface area contributed by atoms with Crippen LogP contribution in [0, 0.1) is 5.82 Å². The molecule has 0 atom stereocenters. The summed E-state index contributed by atoms with van der Waals surface area (Å²) in [6.45, 7) is 3.13. The first-order valence-electron chi connectivity index (χ1n) is 9.32. The normalized spacial score (nSPS) is 12.3. The lowest BCUT2D eigenvalue weighted by molar-refractivity contribution is -0.111. The van der Waals surface area contributed by atoms with E-state index < -0.39 is 0 Å². The summed E-state index contributed by atoms with van der Waals surface area (Å²) < 4.78 is 21.5. The fourth-order valence-electron chi connectivity index (χ4n) is 3.61. The van der Waals surface area contributed by atoms with Crippen LogP contribution in [0.25, 0.3) is 22.3 Å². The molecule has 152 valence electrons. The van der Waals surface area contributed by atoms with Crippen molar-refractivity contribution in [3.63, 3.8) is 0 Å². The van der Waals surface area contributed by atoms with E-state index in [0.717, 1.165) is 0 Å². The van der Waals surface area contributed by atoms with Crippen molar-refractivity contribution in [1.82, 2.24) is 19.6 Å². The fourth-order valence-corrected chi connectivity index (χ4v) is 3.61. The molecule has 30 heavy (non-hydrogen) atoms. The highest BCUT2D eigenvalue weighted by atomic mass is 19.1. The van der Waals surface area contributed by atoms with Gasteiger partial charge in [-0.2, -0.15) is 0 Å². The number of nitrogens with two attached hydrogens (primary N) is 1. The monoisotopic (exact) mass is 405 g/mol. The van der Waals surface area contributed by atoms with Gasteiger partial charge in [-0.15, -0.1) is 10.2 Å². The molecule has 2 N–H and O–H groups in total. The predicted molar refractivity (Wildman–Crippen MR) is 112 cm³/mol. The van der Waals surface area contributed by atoms with E-state index in [0.29, 0.717) is 50.7 Å². The highest BCUT2D eigenvalue weighted by molar-refractivity contribution is 6.21. The number of nitrogens with zero attached hydrogens (tertiary/aromatic N) is 4. The van der Waals surface area contributed by atoms with Gasteiger partial charge in [0.15, 0.2) is 11.4 Å². The molecule has 2 aromatic carbocycles. The number of hydrogen-bond donors (Lipinski definition) is 1. The summed E-state index contributed by atoms with van der Waals surface area (Å²) in [4.78, 5) is 16.6. The minimum atomic E-state index is -0.304. The van der Waals surface area contributed by atoms with E-state index in [1.165, 1.54) is 20.1 Å². The van der Waals surface area contributed by atoms with Crippen LogP contribution in [0.1, 0.15) is 30.8 Å². The predicted octanol–water partition coefficient (Wildman–Crippen LogP) is 3.29. The van der Waals surface area contributed by atoms with E-state index in [4.69, 9.17) is 10.5 Å². The Bertz CT molecular complexity index is 1320. The Kier molecular flexibility index (Phi) is 4.91. The van der Waals surface area contributed by atoms with Gasteiger partial charge in [0, 0.05) is 29.3 Å². The van der Waals surface area contributed by atoms with Crippen LogP contribution in [0.3, 0.4) is 0 Å². The van der Waals surface area contributed by atoms with Crippen molar-refractivity contribution in [2.45, 2.75) is 20.3 Å². The number of ketones is 1. The molecule has 4 rings (SSSR count). The van der Waals surface area contributed by atoms with Crippen molar-refractivity contribution < 1.29 is 13.9 Å². The van der Waals surface area contributed by atoms with Crippen molar-refractivity contribution in [2.75, 3.05) is 7.11 Å². The maximum Gasteiger partial charge on any atom is 0.179 e. The molecular weight excluding hydrogens is 385 g/mol. The summed E-state index contributed by atoms with van der Waals surface area (Å²) in [7, 11) is 1.52. The highest BCUT2D eigenvalue weighted by Gasteiger charge is 2.19. The summed E-state index contributed by atoms with van der Waals surface area (Å²) in [5.74, 6) is 0.562. The zero-order valence-corrected chi connectivity index (χ0v) is 16.8. The quantitative estimate of drug-likeness (QED) is 0.512. The topological polar surface area (TPSA) is 95.4 Å². The number of allylic oxidation sites excluding steroid dienone is 2. The van der Waals surface area contributed by atoms with Gasteiger partial charge in [0.1, 0.15) is 17.4 Å². The number of carbonyl (C=O) groups is 1. The average Bonchev–Trinajstić information content (AvgIpc) is 3.12. The molecule has 0 aliphatic rings. The van der Waals surface area contributed by atoms with Crippen molar-refractivity contribution >= 4 is 28.0 Å². The zero-order valence-electron chi connectivity index (χ0n) is 16.8. The van der Waals surface area contributed by atoms with E-state index in [2.05, 4.69) is 15.2 Å². The van der Waals surface area contributed by atoms with Gasteiger partial charge in [-0.3, -0.25) is 14.2 Å². The number of aromatic nitrogens is 4. The van der Waals surface area contributed by atoms with Gasteiger partial charge in [-0.25, -0.2) is 4.39 Å². The first-order valence-corrected chi connectivity index (χ1v) is 9.32.